The van der Waals surface area contributed by atoms with Crippen LogP contribution in [0.4, 0.5) is 0 Å². The summed E-state index contributed by atoms with van der Waals surface area (Å²) in [6, 6.07) is 11.9. The van der Waals surface area contributed by atoms with Gasteiger partial charge < -0.3 is 10.2 Å². The van der Waals surface area contributed by atoms with Crippen LogP contribution in [-0.4, -0.2) is 16.3 Å². The molecule has 1 atom stereocenters. The van der Waals surface area contributed by atoms with Gasteiger partial charge in [0.25, 0.3) is 0 Å². The molecule has 122 valence electrons. The summed E-state index contributed by atoms with van der Waals surface area (Å²) in [5, 5.41) is 20.4. The fraction of sp³-hybridized carbons (Fsp3) is 0.333. The molecule has 0 bridgehead atoms. The zero-order chi connectivity index (χ0) is 17.0. The van der Waals surface area contributed by atoms with Crippen LogP contribution in [0.3, 0.4) is 0 Å². The summed E-state index contributed by atoms with van der Waals surface area (Å²) in [6.45, 7) is 10.1. The number of hydrogen-bond acceptors (Lipinski definition) is 2. The Bertz CT molecular complexity index is 701. The first-order chi connectivity index (χ1) is 10.9. The molecule has 2 aromatic rings. The molecule has 0 fully saturated rings. The molecule has 0 aliphatic carbocycles. The molecular weight excluding hydrogens is 284 g/mol. The predicted molar refractivity (Wildman–Crippen MR) is 97.6 cm³/mol. The molecule has 0 aliphatic rings. The average molecular weight is 310 g/mol. The summed E-state index contributed by atoms with van der Waals surface area (Å²) in [7, 11) is 0. The van der Waals surface area contributed by atoms with Crippen LogP contribution < -0.4 is 0 Å². The van der Waals surface area contributed by atoms with Gasteiger partial charge in [-0.1, -0.05) is 61.4 Å². The number of hydrogen-bond donors (Lipinski definition) is 2. The largest absolute Gasteiger partial charge is 0.507 e. The van der Waals surface area contributed by atoms with Crippen molar-refractivity contribution in [1.82, 2.24) is 0 Å². The number of phenols is 1. The summed E-state index contributed by atoms with van der Waals surface area (Å²) >= 11 is 0. The van der Waals surface area contributed by atoms with Crippen molar-refractivity contribution in [3.05, 3.63) is 59.7 Å². The van der Waals surface area contributed by atoms with E-state index in [2.05, 4.69) is 25.6 Å². The Morgan fingerprint density at radius 2 is 1.87 bits per heavy atom. The number of phenolic OH excluding ortho intramolecular Hbond substituents is 1. The van der Waals surface area contributed by atoms with Crippen molar-refractivity contribution in [1.29, 1.82) is 0 Å². The number of allylic oxidation sites excluding steroid dienone is 1. The molecular formula is C21H26O2. The Morgan fingerprint density at radius 1 is 1.13 bits per heavy atom. The predicted octanol–water partition coefficient (Wildman–Crippen LogP) is 5.10. The first kappa shape index (κ1) is 17.3. The van der Waals surface area contributed by atoms with Crippen molar-refractivity contribution in [2.24, 2.45) is 0 Å². The monoisotopic (exact) mass is 310 g/mol. The van der Waals surface area contributed by atoms with Gasteiger partial charge in [0.15, 0.2) is 0 Å². The van der Waals surface area contributed by atoms with E-state index in [1.807, 2.05) is 32.0 Å². The van der Waals surface area contributed by atoms with E-state index in [1.54, 1.807) is 6.07 Å². The number of rotatable bonds is 6. The molecule has 0 spiro atoms. The van der Waals surface area contributed by atoms with Gasteiger partial charge >= 0.3 is 0 Å². The zero-order valence-electron chi connectivity index (χ0n) is 14.3. The summed E-state index contributed by atoms with van der Waals surface area (Å²) in [6.07, 6.45) is 1.95. The Hall–Kier alpha value is -2.06. The van der Waals surface area contributed by atoms with Crippen LogP contribution in [0.2, 0.25) is 0 Å². The maximum absolute atomic E-state index is 10.5. The number of aliphatic hydroxyl groups is 1. The molecule has 23 heavy (non-hydrogen) atoms. The fourth-order valence-corrected chi connectivity index (χ4v) is 2.89. The van der Waals surface area contributed by atoms with Gasteiger partial charge in [0.1, 0.15) is 5.75 Å². The standard InChI is InChI=1S/C21H26O2/c1-5-6-17(22)12-16-8-10-19(21(23)13-16)20-11-15(4)7-9-18(20)14(2)3/h7-11,13,17,22-23H,2,5-6,12H2,1,3-4H3. The molecule has 2 aromatic carbocycles. The van der Waals surface area contributed by atoms with E-state index in [0.29, 0.717) is 6.42 Å². The zero-order valence-corrected chi connectivity index (χ0v) is 14.3. The number of aliphatic hydroxyl groups excluding tert-OH is 1. The van der Waals surface area contributed by atoms with E-state index < -0.39 is 0 Å². The first-order valence-electron chi connectivity index (χ1n) is 8.19. The van der Waals surface area contributed by atoms with Gasteiger partial charge in [-0.2, -0.15) is 0 Å². The van der Waals surface area contributed by atoms with Crippen LogP contribution in [-0.2, 0) is 6.42 Å². The van der Waals surface area contributed by atoms with E-state index in [-0.39, 0.29) is 11.9 Å². The number of benzene rings is 2. The van der Waals surface area contributed by atoms with Gasteiger partial charge in [0, 0.05) is 5.56 Å². The van der Waals surface area contributed by atoms with Gasteiger partial charge in [-0.05, 0) is 49.4 Å². The van der Waals surface area contributed by atoms with E-state index in [4.69, 9.17) is 0 Å². The minimum absolute atomic E-state index is 0.249. The van der Waals surface area contributed by atoms with E-state index in [1.165, 1.54) is 0 Å². The molecule has 1 unspecified atom stereocenters. The first-order valence-corrected chi connectivity index (χ1v) is 8.19. The third kappa shape index (κ3) is 4.23. The quantitative estimate of drug-likeness (QED) is 0.779. The second kappa shape index (κ2) is 7.47. The molecule has 0 aromatic heterocycles. The highest BCUT2D eigenvalue weighted by Crippen LogP contribution is 2.35. The fourth-order valence-electron chi connectivity index (χ4n) is 2.89. The lowest BCUT2D eigenvalue weighted by Gasteiger charge is -2.14. The van der Waals surface area contributed by atoms with Crippen molar-refractivity contribution in [2.75, 3.05) is 0 Å². The van der Waals surface area contributed by atoms with Gasteiger partial charge in [-0.25, -0.2) is 0 Å². The Kier molecular flexibility index (Phi) is 5.62. The van der Waals surface area contributed by atoms with Crippen LogP contribution in [0.1, 0.15) is 43.4 Å². The van der Waals surface area contributed by atoms with Crippen LogP contribution in [0.25, 0.3) is 16.7 Å². The van der Waals surface area contributed by atoms with Gasteiger partial charge in [-0.3, -0.25) is 0 Å². The van der Waals surface area contributed by atoms with Crippen LogP contribution >= 0.6 is 0 Å². The summed E-state index contributed by atoms with van der Waals surface area (Å²) < 4.78 is 0. The molecule has 0 saturated carbocycles. The summed E-state index contributed by atoms with van der Waals surface area (Å²) in [5.74, 6) is 0.249. The van der Waals surface area contributed by atoms with Crippen molar-refractivity contribution in [3.8, 4) is 16.9 Å². The molecule has 0 heterocycles. The van der Waals surface area contributed by atoms with Gasteiger partial charge in [0.2, 0.25) is 0 Å². The molecule has 2 heteroatoms. The minimum Gasteiger partial charge on any atom is -0.507 e. The van der Waals surface area contributed by atoms with Crippen molar-refractivity contribution >= 4 is 5.57 Å². The van der Waals surface area contributed by atoms with Crippen molar-refractivity contribution in [2.45, 2.75) is 46.1 Å². The van der Waals surface area contributed by atoms with Crippen LogP contribution in [0, 0.1) is 6.92 Å². The van der Waals surface area contributed by atoms with Crippen LogP contribution in [0.15, 0.2) is 43.0 Å². The van der Waals surface area contributed by atoms with Crippen molar-refractivity contribution < 1.29 is 10.2 Å². The molecule has 2 nitrogen and oxygen atoms in total. The molecule has 0 aliphatic heterocycles. The second-order valence-electron chi connectivity index (χ2n) is 6.33. The van der Waals surface area contributed by atoms with Gasteiger partial charge in [-0.15, -0.1) is 0 Å². The summed E-state index contributed by atoms with van der Waals surface area (Å²) in [4.78, 5) is 0. The molecule has 2 N–H and O–H groups in total. The Balaban J connectivity index is 2.38. The Labute approximate surface area is 139 Å². The normalized spacial score (nSPS) is 12.2. The van der Waals surface area contributed by atoms with E-state index >= 15 is 0 Å². The molecule has 0 saturated heterocycles. The highest BCUT2D eigenvalue weighted by atomic mass is 16.3. The maximum atomic E-state index is 10.5. The third-order valence-electron chi connectivity index (χ3n) is 4.08. The molecule has 2 rings (SSSR count). The molecule has 0 amide bonds. The average Bonchev–Trinajstić information content (AvgIpc) is 2.47. The lowest BCUT2D eigenvalue weighted by atomic mass is 9.92. The number of aromatic hydroxyl groups is 1. The third-order valence-corrected chi connectivity index (χ3v) is 4.08. The number of aryl methyl sites for hydroxylation is 1. The second-order valence-corrected chi connectivity index (χ2v) is 6.33. The lowest BCUT2D eigenvalue weighted by molar-refractivity contribution is 0.164. The van der Waals surface area contributed by atoms with Crippen molar-refractivity contribution in [3.63, 3.8) is 0 Å². The lowest BCUT2D eigenvalue weighted by Crippen LogP contribution is -2.09. The minimum atomic E-state index is -0.352. The SMILES string of the molecule is C=C(C)c1ccc(C)cc1-c1ccc(CC(O)CCC)cc1O. The summed E-state index contributed by atoms with van der Waals surface area (Å²) in [5.41, 5.74) is 5.92. The molecule has 0 radical (unpaired) electrons. The Morgan fingerprint density at radius 3 is 2.48 bits per heavy atom. The highest BCUT2D eigenvalue weighted by molar-refractivity contribution is 5.83. The smallest absolute Gasteiger partial charge is 0.123 e. The maximum Gasteiger partial charge on any atom is 0.123 e. The highest BCUT2D eigenvalue weighted by Gasteiger charge is 2.12. The van der Waals surface area contributed by atoms with E-state index in [9.17, 15) is 10.2 Å². The van der Waals surface area contributed by atoms with E-state index in [0.717, 1.165) is 46.2 Å². The van der Waals surface area contributed by atoms with Gasteiger partial charge in [0.05, 0.1) is 6.10 Å². The van der Waals surface area contributed by atoms with Crippen LogP contribution in [0.5, 0.6) is 5.75 Å². The topological polar surface area (TPSA) is 40.5 Å².